The molecule has 14 heteroatoms. The number of hydrogen-bond acceptors (Lipinski definition) is 14. The minimum Gasteiger partial charge on any atom is -0.457 e. The lowest BCUT2D eigenvalue weighted by Gasteiger charge is -2.42. The van der Waals surface area contributed by atoms with Gasteiger partial charge in [0, 0.05) is 13.0 Å². The van der Waals surface area contributed by atoms with E-state index >= 15 is 0 Å². The molecular formula is C45H80O14. The summed E-state index contributed by atoms with van der Waals surface area (Å²) in [5.41, 5.74) is 0. The monoisotopic (exact) mass is 845 g/mol. The first-order chi connectivity index (χ1) is 28.6. The zero-order valence-corrected chi connectivity index (χ0v) is 36.0. The summed E-state index contributed by atoms with van der Waals surface area (Å²) in [5, 5.41) is 71.8. The molecule has 0 radical (unpaired) electrons. The van der Waals surface area contributed by atoms with Gasteiger partial charge in [0.1, 0.15) is 54.9 Å². The third-order valence-electron chi connectivity index (χ3n) is 10.6. The van der Waals surface area contributed by atoms with Gasteiger partial charge in [0.05, 0.1) is 26.4 Å². The van der Waals surface area contributed by atoms with Crippen molar-refractivity contribution < 1.29 is 69.0 Å². The zero-order chi connectivity index (χ0) is 43.1. The van der Waals surface area contributed by atoms with Crippen molar-refractivity contribution in [1.82, 2.24) is 0 Å². The molecule has 0 amide bonds. The average Bonchev–Trinajstić information content (AvgIpc) is 3.23. The number of carbonyl (C=O) groups is 1. The predicted octanol–water partition coefficient (Wildman–Crippen LogP) is 5.07. The van der Waals surface area contributed by atoms with E-state index in [2.05, 4.69) is 50.3 Å². The fourth-order valence-corrected chi connectivity index (χ4v) is 6.83. The van der Waals surface area contributed by atoms with Gasteiger partial charge in [-0.1, -0.05) is 115 Å². The molecule has 2 fully saturated rings. The maximum Gasteiger partial charge on any atom is 0.306 e. The fraction of sp³-hybridized carbons (Fsp3) is 0.844. The van der Waals surface area contributed by atoms with Crippen molar-refractivity contribution in [3.05, 3.63) is 36.5 Å². The molecule has 344 valence electrons. The van der Waals surface area contributed by atoms with E-state index in [1.807, 2.05) is 0 Å². The van der Waals surface area contributed by atoms with Crippen molar-refractivity contribution in [2.75, 3.05) is 33.0 Å². The second-order valence-electron chi connectivity index (χ2n) is 15.9. The van der Waals surface area contributed by atoms with Crippen molar-refractivity contribution in [3.8, 4) is 0 Å². The van der Waals surface area contributed by atoms with Gasteiger partial charge in [-0.05, 0) is 57.8 Å². The largest absolute Gasteiger partial charge is 0.457 e. The Morgan fingerprint density at radius 1 is 0.559 bits per heavy atom. The van der Waals surface area contributed by atoms with Crippen molar-refractivity contribution in [1.29, 1.82) is 0 Å². The van der Waals surface area contributed by atoms with Gasteiger partial charge < -0.3 is 64.2 Å². The Balaban J connectivity index is 1.83. The number of carbonyl (C=O) groups excluding carboxylic acids is 1. The van der Waals surface area contributed by atoms with E-state index in [1.54, 1.807) is 0 Å². The van der Waals surface area contributed by atoms with Crippen LogP contribution < -0.4 is 0 Å². The van der Waals surface area contributed by atoms with E-state index in [0.717, 1.165) is 77.0 Å². The number of rotatable bonds is 34. The standard InChI is InChI=1S/C45H80O14/c1-3-5-7-9-11-13-15-17-18-20-22-24-26-28-37(47)57-34(31-54-29-27-25-23-21-19-16-14-12-10-8-6-4-2)32-55-44-43(53)41(51)39(49)36(59-44)33-56-45-42(52)40(50)38(48)35(30-46)58-45/h7,9-10,12-13,15,34-36,38-46,48-53H,3-6,8,11,14,16-33H2,1-2H3/b9-7-,12-10-,15-13-. The number of allylic oxidation sites excluding steroid dienone is 6. The van der Waals surface area contributed by atoms with Crippen molar-refractivity contribution >= 4 is 5.97 Å². The Bertz CT molecular complexity index is 1120. The van der Waals surface area contributed by atoms with Gasteiger partial charge >= 0.3 is 5.97 Å². The van der Waals surface area contributed by atoms with Crippen LogP contribution in [0.3, 0.4) is 0 Å². The van der Waals surface area contributed by atoms with Crippen LogP contribution in [-0.2, 0) is 33.2 Å². The predicted molar refractivity (Wildman–Crippen MR) is 224 cm³/mol. The van der Waals surface area contributed by atoms with E-state index < -0.39 is 86.7 Å². The lowest BCUT2D eigenvalue weighted by atomic mass is 9.98. The van der Waals surface area contributed by atoms with Gasteiger partial charge in [0.25, 0.3) is 0 Å². The van der Waals surface area contributed by atoms with E-state index in [-0.39, 0.29) is 19.6 Å². The summed E-state index contributed by atoms with van der Waals surface area (Å²) in [4.78, 5) is 12.9. The fourth-order valence-electron chi connectivity index (χ4n) is 6.83. The summed E-state index contributed by atoms with van der Waals surface area (Å²) in [5.74, 6) is -0.396. The van der Waals surface area contributed by atoms with Crippen molar-refractivity contribution in [2.45, 2.75) is 210 Å². The second-order valence-corrected chi connectivity index (χ2v) is 15.9. The first-order valence-corrected chi connectivity index (χ1v) is 22.6. The molecular weight excluding hydrogens is 764 g/mol. The Morgan fingerprint density at radius 2 is 1.08 bits per heavy atom. The molecule has 11 atom stereocenters. The molecule has 7 N–H and O–H groups in total. The van der Waals surface area contributed by atoms with Gasteiger partial charge in [0.2, 0.25) is 0 Å². The van der Waals surface area contributed by atoms with E-state index in [1.165, 1.54) is 38.5 Å². The number of esters is 1. The quantitative estimate of drug-likeness (QED) is 0.0256. The first-order valence-electron chi connectivity index (χ1n) is 22.6. The highest BCUT2D eigenvalue weighted by Gasteiger charge is 2.47. The Kier molecular flexibility index (Phi) is 30.6. The Morgan fingerprint density at radius 3 is 1.71 bits per heavy atom. The number of hydrogen-bond donors (Lipinski definition) is 7. The molecule has 0 saturated carbocycles. The van der Waals surface area contributed by atoms with Crippen LogP contribution in [-0.4, -0.2) is 142 Å². The van der Waals surface area contributed by atoms with E-state index in [0.29, 0.717) is 13.0 Å². The molecule has 2 aliphatic heterocycles. The highest BCUT2D eigenvalue weighted by atomic mass is 16.7. The molecule has 0 aromatic heterocycles. The number of aliphatic hydroxyl groups is 7. The molecule has 0 aromatic rings. The molecule has 0 aliphatic carbocycles. The summed E-state index contributed by atoms with van der Waals surface area (Å²) >= 11 is 0. The lowest BCUT2D eigenvalue weighted by Crippen LogP contribution is -2.61. The topological polar surface area (TPSA) is 214 Å². The maximum absolute atomic E-state index is 12.9. The normalized spacial score (nSPS) is 28.3. The van der Waals surface area contributed by atoms with Crippen LogP contribution in [0.4, 0.5) is 0 Å². The SMILES string of the molecule is CCC/C=C\C/C=C\CCCCCCCC(=O)OC(COCCCCCCCC/C=C\CCCC)COC1OC(COC2OC(CO)C(O)C(O)C2O)C(O)C(O)C1O. The van der Waals surface area contributed by atoms with Crippen LogP contribution in [0.15, 0.2) is 36.5 Å². The van der Waals surface area contributed by atoms with Gasteiger partial charge in [-0.25, -0.2) is 0 Å². The third-order valence-corrected chi connectivity index (χ3v) is 10.6. The van der Waals surface area contributed by atoms with Crippen LogP contribution in [0.25, 0.3) is 0 Å². The highest BCUT2D eigenvalue weighted by Crippen LogP contribution is 2.26. The van der Waals surface area contributed by atoms with Gasteiger partial charge in [-0.15, -0.1) is 0 Å². The summed E-state index contributed by atoms with van der Waals surface area (Å²) in [7, 11) is 0. The van der Waals surface area contributed by atoms with Crippen LogP contribution in [0.5, 0.6) is 0 Å². The molecule has 11 unspecified atom stereocenters. The van der Waals surface area contributed by atoms with Crippen LogP contribution in [0.2, 0.25) is 0 Å². The zero-order valence-electron chi connectivity index (χ0n) is 36.0. The second kappa shape index (κ2) is 33.8. The van der Waals surface area contributed by atoms with E-state index in [4.69, 9.17) is 28.4 Å². The third kappa shape index (κ3) is 22.8. The van der Waals surface area contributed by atoms with E-state index in [9.17, 15) is 40.5 Å². The number of unbranched alkanes of at least 4 members (excludes halogenated alkanes) is 14. The van der Waals surface area contributed by atoms with Gasteiger partial charge in [0.15, 0.2) is 12.6 Å². The molecule has 2 rings (SSSR count). The van der Waals surface area contributed by atoms with Crippen LogP contribution >= 0.6 is 0 Å². The minimum atomic E-state index is -1.71. The minimum absolute atomic E-state index is 0.0513. The highest BCUT2D eigenvalue weighted by molar-refractivity contribution is 5.69. The van der Waals surface area contributed by atoms with Crippen LogP contribution in [0, 0.1) is 0 Å². The van der Waals surface area contributed by atoms with Crippen molar-refractivity contribution in [3.63, 3.8) is 0 Å². The van der Waals surface area contributed by atoms with Crippen LogP contribution in [0.1, 0.15) is 142 Å². The molecule has 0 aromatic carbocycles. The molecule has 0 spiro atoms. The summed E-state index contributed by atoms with van der Waals surface area (Å²) in [6, 6.07) is 0. The maximum atomic E-state index is 12.9. The molecule has 2 aliphatic rings. The number of aliphatic hydroxyl groups excluding tert-OH is 7. The molecule has 14 nitrogen and oxygen atoms in total. The number of ether oxygens (including phenoxy) is 6. The molecule has 2 saturated heterocycles. The van der Waals surface area contributed by atoms with Gasteiger partial charge in [-0.2, -0.15) is 0 Å². The lowest BCUT2D eigenvalue weighted by molar-refractivity contribution is -0.332. The Hall–Kier alpha value is -1.79. The molecule has 59 heavy (non-hydrogen) atoms. The summed E-state index contributed by atoms with van der Waals surface area (Å²) in [6.07, 6.45) is 17.9. The van der Waals surface area contributed by atoms with Gasteiger partial charge in [-0.3, -0.25) is 4.79 Å². The molecule has 0 bridgehead atoms. The smallest absolute Gasteiger partial charge is 0.306 e. The molecule has 2 heterocycles. The summed E-state index contributed by atoms with van der Waals surface area (Å²) in [6.45, 7) is 3.53. The first kappa shape index (κ1) is 53.3. The van der Waals surface area contributed by atoms with Crippen molar-refractivity contribution in [2.24, 2.45) is 0 Å². The Labute approximate surface area is 353 Å². The summed E-state index contributed by atoms with van der Waals surface area (Å²) < 4.78 is 34.1. The average molecular weight is 845 g/mol.